The topological polar surface area (TPSA) is 90.6 Å². The van der Waals surface area contributed by atoms with Gasteiger partial charge in [0.1, 0.15) is 4.32 Å². The summed E-state index contributed by atoms with van der Waals surface area (Å²) in [5.74, 6) is 0.709. The summed E-state index contributed by atoms with van der Waals surface area (Å²) in [5.41, 5.74) is 4.37. The van der Waals surface area contributed by atoms with Gasteiger partial charge in [0, 0.05) is 24.7 Å². The van der Waals surface area contributed by atoms with Crippen LogP contribution in [0, 0.1) is 0 Å². The highest BCUT2D eigenvalue weighted by atomic mass is 32.2. The minimum atomic E-state index is -0.0117. The number of thioether (sulfide) groups is 1. The number of aromatic amines is 2. The molecule has 33 heavy (non-hydrogen) atoms. The molecule has 2 aromatic heterocycles. The molecule has 0 saturated carbocycles. The van der Waals surface area contributed by atoms with Crippen molar-refractivity contribution in [1.29, 1.82) is 0 Å². The van der Waals surface area contributed by atoms with Gasteiger partial charge < -0.3 is 4.98 Å². The quantitative estimate of drug-likeness (QED) is 0.213. The normalized spacial score (nSPS) is 15.3. The SMILES string of the molecule is O=C1/C(=C/c2cccc(-c3ccc4[nH]ccc4c3)c2)SC(=S)N1CCCCCc1nn[nH]n1. The van der Waals surface area contributed by atoms with Crippen molar-refractivity contribution in [1.82, 2.24) is 30.5 Å². The molecule has 2 aromatic carbocycles. The molecule has 4 aromatic rings. The van der Waals surface area contributed by atoms with E-state index in [1.165, 1.54) is 17.1 Å². The summed E-state index contributed by atoms with van der Waals surface area (Å²) in [6.45, 7) is 0.630. The molecule has 2 N–H and O–H groups in total. The Balaban J connectivity index is 1.23. The van der Waals surface area contributed by atoms with E-state index in [1.807, 2.05) is 24.4 Å². The number of tetrazole rings is 1. The lowest BCUT2D eigenvalue weighted by atomic mass is 10.0. The predicted molar refractivity (Wildman–Crippen MR) is 135 cm³/mol. The smallest absolute Gasteiger partial charge is 0.266 e. The maximum Gasteiger partial charge on any atom is 0.266 e. The van der Waals surface area contributed by atoms with Crippen LogP contribution in [0.3, 0.4) is 0 Å². The van der Waals surface area contributed by atoms with Gasteiger partial charge in [0.05, 0.1) is 4.91 Å². The summed E-state index contributed by atoms with van der Waals surface area (Å²) in [7, 11) is 0. The van der Waals surface area contributed by atoms with Crippen molar-refractivity contribution in [2.75, 3.05) is 6.54 Å². The first kappa shape index (κ1) is 21.5. The molecule has 1 aliphatic rings. The second-order valence-electron chi connectivity index (χ2n) is 7.88. The molecular formula is C24H22N6OS2. The van der Waals surface area contributed by atoms with Crippen molar-refractivity contribution in [3.63, 3.8) is 0 Å². The molecule has 166 valence electrons. The molecule has 0 atom stereocenters. The van der Waals surface area contributed by atoms with Gasteiger partial charge in [-0.15, -0.1) is 10.2 Å². The van der Waals surface area contributed by atoms with Crippen molar-refractivity contribution < 1.29 is 4.79 Å². The number of rotatable bonds is 8. The van der Waals surface area contributed by atoms with Crippen LogP contribution < -0.4 is 0 Å². The zero-order valence-corrected chi connectivity index (χ0v) is 19.5. The lowest BCUT2D eigenvalue weighted by Crippen LogP contribution is -2.29. The Morgan fingerprint density at radius 1 is 1.06 bits per heavy atom. The maximum atomic E-state index is 13.0. The molecule has 1 amide bonds. The lowest BCUT2D eigenvalue weighted by molar-refractivity contribution is -0.122. The molecule has 1 fully saturated rings. The number of benzene rings is 2. The van der Waals surface area contributed by atoms with E-state index in [4.69, 9.17) is 12.2 Å². The summed E-state index contributed by atoms with van der Waals surface area (Å²) in [4.78, 5) is 18.6. The Morgan fingerprint density at radius 2 is 1.97 bits per heavy atom. The van der Waals surface area contributed by atoms with Crippen molar-refractivity contribution >= 4 is 51.2 Å². The van der Waals surface area contributed by atoms with Gasteiger partial charge in [-0.2, -0.15) is 5.21 Å². The Bertz CT molecular complexity index is 1330. The fourth-order valence-corrected chi connectivity index (χ4v) is 5.21. The minimum Gasteiger partial charge on any atom is -0.361 e. The molecular weight excluding hydrogens is 452 g/mol. The van der Waals surface area contributed by atoms with E-state index < -0.39 is 0 Å². The van der Waals surface area contributed by atoms with Gasteiger partial charge in [-0.1, -0.05) is 59.9 Å². The zero-order valence-electron chi connectivity index (χ0n) is 17.8. The number of carbonyl (C=O) groups is 1. The number of nitrogens with one attached hydrogen (secondary N) is 2. The first-order valence-electron chi connectivity index (χ1n) is 10.8. The first-order valence-corrected chi connectivity index (χ1v) is 12.1. The summed E-state index contributed by atoms with van der Waals surface area (Å²) < 4.78 is 0.624. The van der Waals surface area contributed by atoms with Crippen LogP contribution in [0.5, 0.6) is 0 Å². The predicted octanol–water partition coefficient (Wildman–Crippen LogP) is 4.96. The number of unbranched alkanes of at least 4 members (excludes halogenated alkanes) is 2. The molecule has 0 unspecified atom stereocenters. The van der Waals surface area contributed by atoms with Crippen LogP contribution >= 0.6 is 24.0 Å². The van der Waals surface area contributed by atoms with Crippen molar-refractivity contribution in [3.8, 4) is 11.1 Å². The third kappa shape index (κ3) is 4.89. The van der Waals surface area contributed by atoms with Gasteiger partial charge in [-0.25, -0.2) is 0 Å². The fourth-order valence-electron chi connectivity index (χ4n) is 3.90. The largest absolute Gasteiger partial charge is 0.361 e. The van der Waals surface area contributed by atoms with Crippen LogP contribution in [0.15, 0.2) is 59.6 Å². The van der Waals surface area contributed by atoms with Crippen LogP contribution in [-0.4, -0.2) is 47.3 Å². The van der Waals surface area contributed by atoms with Crippen LogP contribution in [-0.2, 0) is 11.2 Å². The number of hydrogen-bond acceptors (Lipinski definition) is 6. The van der Waals surface area contributed by atoms with E-state index >= 15 is 0 Å². The highest BCUT2D eigenvalue weighted by Gasteiger charge is 2.31. The van der Waals surface area contributed by atoms with Gasteiger partial charge in [0.15, 0.2) is 5.82 Å². The maximum absolute atomic E-state index is 13.0. The molecule has 1 aliphatic heterocycles. The van der Waals surface area contributed by atoms with Gasteiger partial charge in [0.25, 0.3) is 5.91 Å². The highest BCUT2D eigenvalue weighted by molar-refractivity contribution is 8.26. The van der Waals surface area contributed by atoms with E-state index in [-0.39, 0.29) is 5.91 Å². The standard InChI is InChI=1S/C24H22N6OS2/c31-23-21(33-24(32)30(23)12-3-1-2-7-22-26-28-29-27-22)14-16-5-4-6-17(13-16)18-8-9-20-19(15-18)10-11-25-20/h4-6,8-11,13-15,25H,1-3,7,12H2,(H,26,27,28,29)/b21-14-. The summed E-state index contributed by atoms with van der Waals surface area (Å²) in [6, 6.07) is 16.7. The summed E-state index contributed by atoms with van der Waals surface area (Å²) in [6.07, 6.45) is 7.47. The number of aryl methyl sites for hydroxylation is 1. The van der Waals surface area contributed by atoms with E-state index in [2.05, 4.69) is 62.0 Å². The van der Waals surface area contributed by atoms with E-state index in [0.29, 0.717) is 15.8 Å². The third-order valence-electron chi connectivity index (χ3n) is 5.62. The Morgan fingerprint density at radius 3 is 2.85 bits per heavy atom. The van der Waals surface area contributed by atoms with Gasteiger partial charge in [-0.05, 0) is 65.3 Å². The number of H-pyrrole nitrogens is 2. The van der Waals surface area contributed by atoms with Gasteiger partial charge in [-0.3, -0.25) is 9.69 Å². The number of aromatic nitrogens is 5. The van der Waals surface area contributed by atoms with Crippen LogP contribution in [0.4, 0.5) is 0 Å². The van der Waals surface area contributed by atoms with E-state index in [1.54, 1.807) is 4.90 Å². The molecule has 0 radical (unpaired) electrons. The highest BCUT2D eigenvalue weighted by Crippen LogP contribution is 2.33. The molecule has 1 saturated heterocycles. The monoisotopic (exact) mass is 474 g/mol. The molecule has 9 heteroatoms. The zero-order chi connectivity index (χ0) is 22.6. The molecule has 5 rings (SSSR count). The van der Waals surface area contributed by atoms with Crippen LogP contribution in [0.2, 0.25) is 0 Å². The van der Waals surface area contributed by atoms with Crippen LogP contribution in [0.1, 0.15) is 30.7 Å². The average molecular weight is 475 g/mol. The second-order valence-corrected chi connectivity index (χ2v) is 9.55. The Kier molecular flexibility index (Phi) is 6.32. The van der Waals surface area contributed by atoms with Crippen LogP contribution in [0.25, 0.3) is 28.1 Å². The second kappa shape index (κ2) is 9.68. The number of hydrogen-bond donors (Lipinski definition) is 2. The Hall–Kier alpha value is -3.30. The van der Waals surface area contributed by atoms with Crippen molar-refractivity contribution in [2.45, 2.75) is 25.7 Å². The lowest BCUT2D eigenvalue weighted by Gasteiger charge is -2.13. The summed E-state index contributed by atoms with van der Waals surface area (Å²) in [5, 5.41) is 15.1. The fraction of sp³-hybridized carbons (Fsp3) is 0.208. The van der Waals surface area contributed by atoms with Crippen molar-refractivity contribution in [2.24, 2.45) is 0 Å². The van der Waals surface area contributed by atoms with Crippen molar-refractivity contribution in [3.05, 3.63) is 71.0 Å². The van der Waals surface area contributed by atoms with E-state index in [9.17, 15) is 4.79 Å². The molecule has 0 bridgehead atoms. The number of amides is 1. The first-order chi connectivity index (χ1) is 16.2. The summed E-state index contributed by atoms with van der Waals surface area (Å²) >= 11 is 6.86. The number of fused-ring (bicyclic) bond motifs is 1. The molecule has 0 aliphatic carbocycles. The number of thiocarbonyl (C=S) groups is 1. The average Bonchev–Trinajstić information content (AvgIpc) is 3.56. The van der Waals surface area contributed by atoms with Gasteiger partial charge >= 0.3 is 0 Å². The number of nitrogens with zero attached hydrogens (tertiary/aromatic N) is 4. The Labute approximate surface area is 200 Å². The number of carbonyl (C=O) groups excluding carboxylic acids is 1. The minimum absolute atomic E-state index is 0.0117. The molecule has 3 heterocycles. The molecule has 7 nitrogen and oxygen atoms in total. The van der Waals surface area contributed by atoms with Gasteiger partial charge in [0.2, 0.25) is 0 Å². The van der Waals surface area contributed by atoms with E-state index in [0.717, 1.165) is 53.7 Å². The third-order valence-corrected chi connectivity index (χ3v) is 6.99. The molecule has 0 spiro atoms.